The van der Waals surface area contributed by atoms with Gasteiger partial charge in [-0.1, -0.05) is 13.8 Å². The second-order valence-corrected chi connectivity index (χ2v) is 7.03. The van der Waals surface area contributed by atoms with Gasteiger partial charge in [0.25, 0.3) is 5.91 Å². The third kappa shape index (κ3) is 3.80. The molecule has 0 aliphatic carbocycles. The fourth-order valence-corrected chi connectivity index (χ4v) is 2.80. The van der Waals surface area contributed by atoms with E-state index in [1.54, 1.807) is 18.2 Å². The van der Waals surface area contributed by atoms with Crippen LogP contribution in [0.1, 0.15) is 53.6 Å². The fourth-order valence-electron chi connectivity index (χ4n) is 2.80. The van der Waals surface area contributed by atoms with Crippen molar-refractivity contribution in [3.05, 3.63) is 53.3 Å². The Hall–Kier alpha value is -2.60. The number of nitrogens with zero attached hydrogens (tertiary/aromatic N) is 2. The number of amides is 1. The van der Waals surface area contributed by atoms with Crippen molar-refractivity contribution < 1.29 is 13.6 Å². The third-order valence-corrected chi connectivity index (χ3v) is 4.33. The van der Waals surface area contributed by atoms with Gasteiger partial charge in [-0.15, -0.1) is 0 Å². The zero-order chi connectivity index (χ0) is 18.8. The summed E-state index contributed by atoms with van der Waals surface area (Å²) in [6.45, 7) is 6.41. The highest BCUT2D eigenvalue weighted by atomic mass is 16.3. The SMILES string of the molecule is Cc1ccc(C(CNC(=O)c2ccc3oc(C(C)C)nc3c2)N(C)C)o1. The zero-order valence-electron chi connectivity index (χ0n) is 15.9. The summed E-state index contributed by atoms with van der Waals surface area (Å²) in [5.41, 5.74) is 1.96. The van der Waals surface area contributed by atoms with Crippen LogP contribution in [-0.2, 0) is 0 Å². The van der Waals surface area contributed by atoms with E-state index in [-0.39, 0.29) is 17.9 Å². The number of rotatable bonds is 6. The Labute approximate surface area is 153 Å². The first-order valence-corrected chi connectivity index (χ1v) is 8.76. The molecule has 0 aliphatic heterocycles. The molecule has 6 heteroatoms. The summed E-state index contributed by atoms with van der Waals surface area (Å²) in [6, 6.07) is 9.16. The van der Waals surface area contributed by atoms with Crippen molar-refractivity contribution in [3.8, 4) is 0 Å². The molecule has 1 amide bonds. The van der Waals surface area contributed by atoms with Gasteiger partial charge in [-0.2, -0.15) is 0 Å². The topological polar surface area (TPSA) is 71.5 Å². The normalized spacial score (nSPS) is 12.9. The van der Waals surface area contributed by atoms with Gasteiger partial charge in [0.2, 0.25) is 0 Å². The van der Waals surface area contributed by atoms with Gasteiger partial charge in [0, 0.05) is 18.0 Å². The third-order valence-electron chi connectivity index (χ3n) is 4.33. The number of aryl methyl sites for hydroxylation is 1. The van der Waals surface area contributed by atoms with E-state index in [0.29, 0.717) is 29.1 Å². The minimum atomic E-state index is -0.142. The Morgan fingerprint density at radius 1 is 1.19 bits per heavy atom. The van der Waals surface area contributed by atoms with E-state index in [9.17, 15) is 4.79 Å². The molecule has 0 saturated carbocycles. The average Bonchev–Trinajstić information content (AvgIpc) is 3.20. The molecule has 1 atom stereocenters. The predicted octanol–water partition coefficient (Wildman–Crippen LogP) is 3.89. The largest absolute Gasteiger partial charge is 0.465 e. The van der Waals surface area contributed by atoms with Crippen molar-refractivity contribution in [3.63, 3.8) is 0 Å². The Balaban J connectivity index is 1.73. The van der Waals surface area contributed by atoms with E-state index in [1.807, 2.05) is 51.9 Å². The highest BCUT2D eigenvalue weighted by Gasteiger charge is 2.19. The number of furan rings is 1. The molecule has 3 aromatic rings. The summed E-state index contributed by atoms with van der Waals surface area (Å²) in [5, 5.41) is 2.98. The van der Waals surface area contributed by atoms with Crippen molar-refractivity contribution in [2.45, 2.75) is 32.7 Å². The van der Waals surface area contributed by atoms with Gasteiger partial charge in [0.15, 0.2) is 11.5 Å². The second-order valence-electron chi connectivity index (χ2n) is 7.03. The lowest BCUT2D eigenvalue weighted by Gasteiger charge is -2.22. The molecule has 1 N–H and O–H groups in total. The molecule has 3 rings (SSSR count). The van der Waals surface area contributed by atoms with Crippen LogP contribution in [0.4, 0.5) is 0 Å². The van der Waals surface area contributed by atoms with Crippen molar-refractivity contribution in [2.75, 3.05) is 20.6 Å². The van der Waals surface area contributed by atoms with Crippen LogP contribution in [0.5, 0.6) is 0 Å². The highest BCUT2D eigenvalue weighted by Crippen LogP contribution is 2.23. The smallest absolute Gasteiger partial charge is 0.251 e. The second kappa shape index (κ2) is 7.33. The predicted molar refractivity (Wildman–Crippen MR) is 100 cm³/mol. The number of benzene rings is 1. The number of hydrogen-bond donors (Lipinski definition) is 1. The number of likely N-dealkylation sites (N-methyl/N-ethyl adjacent to an activating group) is 1. The number of carbonyl (C=O) groups is 1. The summed E-state index contributed by atoms with van der Waals surface area (Å²) in [5.74, 6) is 2.43. The molecule has 1 aromatic carbocycles. The number of oxazole rings is 1. The first kappa shape index (κ1) is 18.2. The van der Waals surface area contributed by atoms with Crippen LogP contribution in [0.3, 0.4) is 0 Å². The van der Waals surface area contributed by atoms with Gasteiger partial charge in [0.05, 0.1) is 6.04 Å². The molecule has 2 heterocycles. The van der Waals surface area contributed by atoms with Gasteiger partial charge in [-0.3, -0.25) is 9.69 Å². The van der Waals surface area contributed by atoms with Gasteiger partial charge in [0.1, 0.15) is 17.0 Å². The summed E-state index contributed by atoms with van der Waals surface area (Å²) in [4.78, 5) is 19.1. The first-order valence-electron chi connectivity index (χ1n) is 8.76. The van der Waals surface area contributed by atoms with Crippen molar-refractivity contribution in [1.82, 2.24) is 15.2 Å². The Morgan fingerprint density at radius 3 is 2.58 bits per heavy atom. The lowest BCUT2D eigenvalue weighted by Crippen LogP contribution is -2.34. The molecular weight excluding hydrogens is 330 g/mol. The molecule has 26 heavy (non-hydrogen) atoms. The first-order chi connectivity index (χ1) is 12.3. The number of aromatic nitrogens is 1. The van der Waals surface area contributed by atoms with Crippen molar-refractivity contribution >= 4 is 17.0 Å². The number of nitrogens with one attached hydrogen (secondary N) is 1. The fraction of sp³-hybridized carbons (Fsp3) is 0.400. The van der Waals surface area contributed by atoms with E-state index in [4.69, 9.17) is 8.83 Å². The Morgan fingerprint density at radius 2 is 1.96 bits per heavy atom. The molecule has 0 saturated heterocycles. The Bertz CT molecular complexity index is 908. The molecule has 0 bridgehead atoms. The lowest BCUT2D eigenvalue weighted by atomic mass is 10.1. The molecule has 0 radical (unpaired) electrons. The molecule has 138 valence electrons. The van der Waals surface area contributed by atoms with Crippen LogP contribution in [0.25, 0.3) is 11.1 Å². The maximum absolute atomic E-state index is 12.6. The van der Waals surface area contributed by atoms with E-state index in [0.717, 1.165) is 11.5 Å². The Kier molecular flexibility index (Phi) is 5.13. The van der Waals surface area contributed by atoms with Crippen LogP contribution in [0.15, 0.2) is 39.2 Å². The van der Waals surface area contributed by atoms with Crippen LogP contribution in [-0.4, -0.2) is 36.4 Å². The number of fused-ring (bicyclic) bond motifs is 1. The molecule has 0 aliphatic rings. The monoisotopic (exact) mass is 355 g/mol. The van der Waals surface area contributed by atoms with Crippen LogP contribution in [0, 0.1) is 6.92 Å². The minimum absolute atomic E-state index is 0.0315. The molecule has 2 aromatic heterocycles. The maximum Gasteiger partial charge on any atom is 0.251 e. The highest BCUT2D eigenvalue weighted by molar-refractivity contribution is 5.97. The maximum atomic E-state index is 12.6. The summed E-state index contributed by atoms with van der Waals surface area (Å²) >= 11 is 0. The van der Waals surface area contributed by atoms with Gasteiger partial charge < -0.3 is 14.2 Å². The average molecular weight is 355 g/mol. The molecule has 1 unspecified atom stereocenters. The molecule has 0 fully saturated rings. The van der Waals surface area contributed by atoms with Crippen molar-refractivity contribution in [2.24, 2.45) is 0 Å². The van der Waals surface area contributed by atoms with Crippen LogP contribution >= 0.6 is 0 Å². The number of hydrogen-bond acceptors (Lipinski definition) is 5. The van der Waals surface area contributed by atoms with Crippen molar-refractivity contribution in [1.29, 1.82) is 0 Å². The quantitative estimate of drug-likeness (QED) is 0.726. The van der Waals surface area contributed by atoms with E-state index in [1.165, 1.54) is 0 Å². The lowest BCUT2D eigenvalue weighted by molar-refractivity contribution is 0.0939. The summed E-state index contributed by atoms with van der Waals surface area (Å²) in [7, 11) is 3.92. The molecule has 0 spiro atoms. The van der Waals surface area contributed by atoms with Crippen LogP contribution in [0.2, 0.25) is 0 Å². The standard InChI is InChI=1S/C20H25N3O3/c1-12(2)20-22-15-10-14(7-9-17(15)26-20)19(24)21-11-16(23(4)5)18-8-6-13(3)25-18/h6-10,12,16H,11H2,1-5H3,(H,21,24). The summed E-state index contributed by atoms with van der Waals surface area (Å²) in [6.07, 6.45) is 0. The summed E-state index contributed by atoms with van der Waals surface area (Å²) < 4.78 is 11.4. The van der Waals surface area contributed by atoms with Crippen LogP contribution < -0.4 is 5.32 Å². The van der Waals surface area contributed by atoms with Gasteiger partial charge in [-0.25, -0.2) is 4.98 Å². The van der Waals surface area contributed by atoms with E-state index in [2.05, 4.69) is 10.3 Å². The van der Waals surface area contributed by atoms with Gasteiger partial charge in [-0.05, 0) is 51.4 Å². The van der Waals surface area contributed by atoms with Gasteiger partial charge >= 0.3 is 0 Å². The molecule has 6 nitrogen and oxygen atoms in total. The minimum Gasteiger partial charge on any atom is -0.465 e. The molecular formula is C20H25N3O3. The number of carbonyl (C=O) groups excluding carboxylic acids is 1. The van der Waals surface area contributed by atoms with E-state index >= 15 is 0 Å². The zero-order valence-corrected chi connectivity index (χ0v) is 15.9. The van der Waals surface area contributed by atoms with E-state index < -0.39 is 0 Å².